The second-order valence-corrected chi connectivity index (χ2v) is 6.74. The average Bonchev–Trinajstić information content (AvgIpc) is 2.71. The van der Waals surface area contributed by atoms with E-state index in [9.17, 15) is 4.79 Å². The molecule has 2 aromatic rings. The monoisotopic (exact) mass is 380 g/mol. The number of hydrogen-bond acceptors (Lipinski definition) is 4. The number of rotatable bonds is 11. The van der Waals surface area contributed by atoms with Gasteiger partial charge in [0.25, 0.3) is 0 Å². The molecule has 4 nitrogen and oxygen atoms in total. The average molecular weight is 381 g/mol. The number of unbranched alkanes of at least 4 members (excludes halogenated alkanes) is 1. The van der Waals surface area contributed by atoms with Crippen molar-refractivity contribution in [1.29, 1.82) is 0 Å². The number of ether oxygens (including phenoxy) is 1. The smallest absolute Gasteiger partial charge is 0.187 e. The number of carbonyl (C=O) groups excluding carboxylic acids is 1. The molecule has 0 saturated heterocycles. The molecule has 2 aromatic carbocycles. The summed E-state index contributed by atoms with van der Waals surface area (Å²) < 4.78 is 5.63. The molecule has 1 N–H and O–H groups in total. The Morgan fingerprint density at radius 1 is 1.07 bits per heavy atom. The van der Waals surface area contributed by atoms with Crippen LogP contribution in [0.5, 0.6) is 5.75 Å². The van der Waals surface area contributed by atoms with Gasteiger partial charge < -0.3 is 15.0 Å². The van der Waals surface area contributed by atoms with E-state index in [4.69, 9.17) is 4.74 Å². The number of nitrogens with zero attached hydrogens (tertiary/aromatic N) is 1. The van der Waals surface area contributed by atoms with Gasteiger partial charge in [0.15, 0.2) is 5.78 Å². The molecule has 0 aromatic heterocycles. The standard InChI is InChI=1S/C24H32N2O2/c1-5-8-17-28-22-12-9-20(10-13-22)24(27)15-16-25-23-14-11-21(18-19(23)4)26(6-2)7-3/h9-16,18,25H,5-8,17H2,1-4H3/b16-15+. The Labute approximate surface area is 169 Å². The van der Waals surface area contributed by atoms with E-state index in [-0.39, 0.29) is 5.78 Å². The third kappa shape index (κ3) is 6.15. The Hall–Kier alpha value is -2.75. The molecule has 4 heteroatoms. The van der Waals surface area contributed by atoms with Crippen LogP contribution in [0.15, 0.2) is 54.7 Å². The zero-order valence-electron chi connectivity index (χ0n) is 17.5. The predicted molar refractivity (Wildman–Crippen MR) is 119 cm³/mol. The molecule has 0 heterocycles. The zero-order valence-corrected chi connectivity index (χ0v) is 17.5. The second kappa shape index (κ2) is 11.2. The highest BCUT2D eigenvalue weighted by atomic mass is 16.5. The van der Waals surface area contributed by atoms with E-state index in [1.807, 2.05) is 12.1 Å². The van der Waals surface area contributed by atoms with Crippen molar-refractivity contribution in [1.82, 2.24) is 0 Å². The van der Waals surface area contributed by atoms with Crippen molar-refractivity contribution in [2.24, 2.45) is 0 Å². The minimum atomic E-state index is -0.0370. The third-order valence-corrected chi connectivity index (χ3v) is 4.72. The van der Waals surface area contributed by atoms with Gasteiger partial charge in [0, 0.05) is 42.3 Å². The molecule has 0 radical (unpaired) electrons. The third-order valence-electron chi connectivity index (χ3n) is 4.72. The summed E-state index contributed by atoms with van der Waals surface area (Å²) in [5.41, 5.74) is 4.01. The van der Waals surface area contributed by atoms with Crippen molar-refractivity contribution in [2.45, 2.75) is 40.5 Å². The van der Waals surface area contributed by atoms with Gasteiger partial charge in [0.1, 0.15) is 5.75 Å². The van der Waals surface area contributed by atoms with Gasteiger partial charge in [-0.15, -0.1) is 0 Å². The number of benzene rings is 2. The van der Waals surface area contributed by atoms with E-state index in [2.05, 4.69) is 56.1 Å². The van der Waals surface area contributed by atoms with Gasteiger partial charge in [-0.3, -0.25) is 4.79 Å². The lowest BCUT2D eigenvalue weighted by molar-refractivity contribution is 0.104. The first-order valence-corrected chi connectivity index (χ1v) is 10.1. The Morgan fingerprint density at radius 2 is 1.79 bits per heavy atom. The van der Waals surface area contributed by atoms with Crippen LogP contribution in [0.1, 0.15) is 49.5 Å². The van der Waals surface area contributed by atoms with Gasteiger partial charge in [0.2, 0.25) is 0 Å². The van der Waals surface area contributed by atoms with E-state index in [0.29, 0.717) is 12.2 Å². The van der Waals surface area contributed by atoms with Gasteiger partial charge in [-0.1, -0.05) is 13.3 Å². The van der Waals surface area contributed by atoms with Crippen molar-refractivity contribution >= 4 is 17.2 Å². The number of anilines is 2. The quantitative estimate of drug-likeness (QED) is 0.303. The molecule has 0 aliphatic heterocycles. The Morgan fingerprint density at radius 3 is 2.39 bits per heavy atom. The van der Waals surface area contributed by atoms with Gasteiger partial charge in [0.05, 0.1) is 6.61 Å². The van der Waals surface area contributed by atoms with Crippen molar-refractivity contribution in [3.63, 3.8) is 0 Å². The molecule has 150 valence electrons. The molecular formula is C24H32N2O2. The molecular weight excluding hydrogens is 348 g/mol. The molecule has 0 atom stereocenters. The lowest BCUT2D eigenvalue weighted by Gasteiger charge is -2.22. The number of carbonyl (C=O) groups is 1. The molecule has 0 bridgehead atoms. The van der Waals surface area contributed by atoms with E-state index in [1.54, 1.807) is 24.4 Å². The van der Waals surface area contributed by atoms with E-state index >= 15 is 0 Å². The van der Waals surface area contributed by atoms with Gasteiger partial charge in [-0.2, -0.15) is 0 Å². The topological polar surface area (TPSA) is 41.6 Å². The van der Waals surface area contributed by atoms with E-state index in [0.717, 1.165) is 42.9 Å². The summed E-state index contributed by atoms with van der Waals surface area (Å²) in [4.78, 5) is 14.6. The van der Waals surface area contributed by atoms with Crippen molar-refractivity contribution < 1.29 is 9.53 Å². The molecule has 0 aliphatic carbocycles. The summed E-state index contributed by atoms with van der Waals surface area (Å²) >= 11 is 0. The first kappa shape index (κ1) is 21.5. The molecule has 28 heavy (non-hydrogen) atoms. The van der Waals surface area contributed by atoms with Crippen LogP contribution in [0.4, 0.5) is 11.4 Å². The number of aryl methyl sites for hydroxylation is 1. The molecule has 0 amide bonds. The molecule has 0 aliphatic rings. The molecule has 2 rings (SSSR count). The highest BCUT2D eigenvalue weighted by Gasteiger charge is 2.05. The summed E-state index contributed by atoms with van der Waals surface area (Å²) in [6.45, 7) is 11.2. The second-order valence-electron chi connectivity index (χ2n) is 6.74. The number of hydrogen-bond donors (Lipinski definition) is 1. The van der Waals surface area contributed by atoms with Crippen LogP contribution in [0.2, 0.25) is 0 Å². The van der Waals surface area contributed by atoms with Gasteiger partial charge in [-0.05, 0) is 75.2 Å². The number of nitrogens with one attached hydrogen (secondary N) is 1. The molecule has 0 spiro atoms. The fourth-order valence-corrected chi connectivity index (χ4v) is 2.95. The minimum absolute atomic E-state index is 0.0370. The van der Waals surface area contributed by atoms with Crippen LogP contribution in [0, 0.1) is 6.92 Å². The van der Waals surface area contributed by atoms with Crippen LogP contribution < -0.4 is 15.0 Å². The van der Waals surface area contributed by atoms with Crippen molar-refractivity contribution in [2.75, 3.05) is 29.9 Å². The molecule has 0 fully saturated rings. The fraction of sp³-hybridized carbons (Fsp3) is 0.375. The summed E-state index contributed by atoms with van der Waals surface area (Å²) in [7, 11) is 0. The number of ketones is 1. The van der Waals surface area contributed by atoms with Crippen molar-refractivity contribution in [3.8, 4) is 5.75 Å². The highest BCUT2D eigenvalue weighted by molar-refractivity contribution is 6.04. The fourth-order valence-electron chi connectivity index (χ4n) is 2.95. The lowest BCUT2D eigenvalue weighted by atomic mass is 10.1. The number of allylic oxidation sites excluding steroid dienone is 1. The summed E-state index contributed by atoms with van der Waals surface area (Å²) in [6.07, 6.45) is 5.40. The van der Waals surface area contributed by atoms with Crippen molar-refractivity contribution in [3.05, 3.63) is 65.9 Å². The Balaban J connectivity index is 1.94. The maximum Gasteiger partial charge on any atom is 0.187 e. The summed E-state index contributed by atoms with van der Waals surface area (Å²) in [6, 6.07) is 13.6. The van der Waals surface area contributed by atoms with E-state index in [1.165, 1.54) is 5.69 Å². The van der Waals surface area contributed by atoms with Crippen LogP contribution in [-0.2, 0) is 0 Å². The van der Waals surface area contributed by atoms with Crippen LogP contribution in [0.25, 0.3) is 0 Å². The Kier molecular flexibility index (Phi) is 8.60. The highest BCUT2D eigenvalue weighted by Crippen LogP contribution is 2.22. The minimum Gasteiger partial charge on any atom is -0.494 e. The summed E-state index contributed by atoms with van der Waals surface area (Å²) in [5.74, 6) is 0.765. The Bertz CT molecular complexity index is 778. The van der Waals surface area contributed by atoms with Crippen LogP contribution >= 0.6 is 0 Å². The van der Waals surface area contributed by atoms with Gasteiger partial charge >= 0.3 is 0 Å². The molecule has 0 saturated carbocycles. The normalized spacial score (nSPS) is 10.9. The maximum atomic E-state index is 12.3. The first-order chi connectivity index (χ1) is 13.6. The SMILES string of the molecule is CCCCOc1ccc(C(=O)/C=C/Nc2ccc(N(CC)CC)cc2C)cc1. The lowest BCUT2D eigenvalue weighted by Crippen LogP contribution is -2.21. The van der Waals surface area contributed by atoms with Crippen LogP contribution in [0.3, 0.4) is 0 Å². The van der Waals surface area contributed by atoms with Gasteiger partial charge in [-0.25, -0.2) is 0 Å². The largest absolute Gasteiger partial charge is 0.494 e. The van der Waals surface area contributed by atoms with E-state index < -0.39 is 0 Å². The van der Waals surface area contributed by atoms with Crippen LogP contribution in [-0.4, -0.2) is 25.5 Å². The zero-order chi connectivity index (χ0) is 20.4. The summed E-state index contributed by atoms with van der Waals surface area (Å²) in [5, 5.41) is 3.22. The first-order valence-electron chi connectivity index (χ1n) is 10.1. The molecule has 0 unspecified atom stereocenters. The predicted octanol–water partition coefficient (Wildman–Crippen LogP) is 5.83. The maximum absolute atomic E-state index is 12.3.